The lowest BCUT2D eigenvalue weighted by Gasteiger charge is -2.21. The Labute approximate surface area is 120 Å². The van der Waals surface area contributed by atoms with Gasteiger partial charge < -0.3 is 15.5 Å². The SMILES string of the molecule is CCN(CC(=O)NC(C)C)C(=O)CNc1ccccc1. The highest BCUT2D eigenvalue weighted by atomic mass is 16.2. The Hall–Kier alpha value is -2.04. The molecular weight excluding hydrogens is 254 g/mol. The number of benzene rings is 1. The molecule has 1 aromatic rings. The van der Waals surface area contributed by atoms with Crippen LogP contribution < -0.4 is 10.6 Å². The summed E-state index contributed by atoms with van der Waals surface area (Å²) in [6.07, 6.45) is 0. The number of nitrogens with one attached hydrogen (secondary N) is 2. The molecule has 2 N–H and O–H groups in total. The number of hydrogen-bond donors (Lipinski definition) is 2. The minimum atomic E-state index is -0.130. The van der Waals surface area contributed by atoms with E-state index in [4.69, 9.17) is 0 Å². The van der Waals surface area contributed by atoms with Crippen molar-refractivity contribution in [1.29, 1.82) is 0 Å². The molecule has 0 bridgehead atoms. The summed E-state index contributed by atoms with van der Waals surface area (Å²) in [5.74, 6) is -0.217. The van der Waals surface area contributed by atoms with Gasteiger partial charge >= 0.3 is 0 Å². The van der Waals surface area contributed by atoms with E-state index >= 15 is 0 Å². The van der Waals surface area contributed by atoms with E-state index in [1.54, 1.807) is 0 Å². The third kappa shape index (κ3) is 5.73. The van der Waals surface area contributed by atoms with Gasteiger partial charge in [0.25, 0.3) is 0 Å². The van der Waals surface area contributed by atoms with Crippen molar-refractivity contribution in [3.05, 3.63) is 30.3 Å². The standard InChI is InChI=1S/C15H23N3O2/c1-4-18(11-14(19)17-12(2)3)15(20)10-16-13-8-6-5-7-9-13/h5-9,12,16H,4,10-11H2,1-3H3,(H,17,19). The molecule has 0 fully saturated rings. The minimum Gasteiger partial charge on any atom is -0.376 e. The summed E-state index contributed by atoms with van der Waals surface area (Å²) in [5, 5.41) is 5.83. The molecule has 2 amide bonds. The quantitative estimate of drug-likeness (QED) is 0.793. The maximum atomic E-state index is 12.1. The van der Waals surface area contributed by atoms with Crippen LogP contribution in [-0.4, -0.2) is 42.4 Å². The van der Waals surface area contributed by atoms with Crippen molar-refractivity contribution in [3.8, 4) is 0 Å². The van der Waals surface area contributed by atoms with Gasteiger partial charge in [-0.3, -0.25) is 9.59 Å². The molecule has 110 valence electrons. The van der Waals surface area contributed by atoms with Gasteiger partial charge in [0.05, 0.1) is 13.1 Å². The predicted octanol–water partition coefficient (Wildman–Crippen LogP) is 1.47. The van der Waals surface area contributed by atoms with Crippen LogP contribution in [0.3, 0.4) is 0 Å². The molecular formula is C15H23N3O2. The number of nitrogens with zero attached hydrogens (tertiary/aromatic N) is 1. The van der Waals surface area contributed by atoms with Gasteiger partial charge in [-0.2, -0.15) is 0 Å². The first kappa shape index (κ1) is 16.0. The zero-order valence-corrected chi connectivity index (χ0v) is 12.3. The van der Waals surface area contributed by atoms with Crippen molar-refractivity contribution in [2.24, 2.45) is 0 Å². The number of rotatable bonds is 7. The third-order valence-electron chi connectivity index (χ3n) is 2.74. The van der Waals surface area contributed by atoms with E-state index in [1.807, 2.05) is 51.1 Å². The zero-order chi connectivity index (χ0) is 15.0. The van der Waals surface area contributed by atoms with Crippen molar-refractivity contribution < 1.29 is 9.59 Å². The molecule has 0 atom stereocenters. The van der Waals surface area contributed by atoms with Crippen LogP contribution in [0.1, 0.15) is 20.8 Å². The Morgan fingerprint density at radius 3 is 2.40 bits per heavy atom. The summed E-state index contributed by atoms with van der Waals surface area (Å²) in [4.78, 5) is 25.3. The average Bonchev–Trinajstić information content (AvgIpc) is 2.42. The molecule has 1 aromatic carbocycles. The van der Waals surface area contributed by atoms with Gasteiger partial charge in [-0.05, 0) is 32.9 Å². The van der Waals surface area contributed by atoms with Crippen molar-refractivity contribution in [3.63, 3.8) is 0 Å². The van der Waals surface area contributed by atoms with E-state index in [0.29, 0.717) is 6.54 Å². The van der Waals surface area contributed by atoms with Gasteiger partial charge in [0, 0.05) is 18.3 Å². The highest BCUT2D eigenvalue weighted by Gasteiger charge is 2.15. The Kier molecular flexibility index (Phi) is 6.56. The fourth-order valence-electron chi connectivity index (χ4n) is 1.76. The van der Waals surface area contributed by atoms with Gasteiger partial charge in [-0.25, -0.2) is 0 Å². The number of amides is 2. The number of para-hydroxylation sites is 1. The summed E-state index contributed by atoms with van der Waals surface area (Å²) in [6.45, 7) is 6.46. The van der Waals surface area contributed by atoms with E-state index in [2.05, 4.69) is 10.6 Å². The first-order chi connectivity index (χ1) is 9.52. The maximum absolute atomic E-state index is 12.1. The number of carbonyl (C=O) groups excluding carboxylic acids is 2. The molecule has 0 saturated carbocycles. The van der Waals surface area contributed by atoms with Crippen LogP contribution in [0.25, 0.3) is 0 Å². The lowest BCUT2D eigenvalue weighted by molar-refractivity contribution is -0.134. The smallest absolute Gasteiger partial charge is 0.242 e. The predicted molar refractivity (Wildman–Crippen MR) is 80.5 cm³/mol. The van der Waals surface area contributed by atoms with Crippen molar-refractivity contribution in [2.45, 2.75) is 26.8 Å². The molecule has 0 saturated heterocycles. The minimum absolute atomic E-state index is 0.0822. The van der Waals surface area contributed by atoms with E-state index in [-0.39, 0.29) is 30.9 Å². The summed E-state index contributed by atoms with van der Waals surface area (Å²) in [6, 6.07) is 9.60. The second-order valence-corrected chi connectivity index (χ2v) is 4.85. The average molecular weight is 277 g/mol. The van der Waals surface area contributed by atoms with E-state index in [1.165, 1.54) is 4.90 Å². The third-order valence-corrected chi connectivity index (χ3v) is 2.74. The van der Waals surface area contributed by atoms with Crippen molar-refractivity contribution in [2.75, 3.05) is 25.0 Å². The highest BCUT2D eigenvalue weighted by Crippen LogP contribution is 2.04. The second-order valence-electron chi connectivity index (χ2n) is 4.85. The van der Waals surface area contributed by atoms with Crippen LogP contribution in [0.15, 0.2) is 30.3 Å². The number of carbonyl (C=O) groups is 2. The molecule has 5 nitrogen and oxygen atoms in total. The van der Waals surface area contributed by atoms with Crippen molar-refractivity contribution >= 4 is 17.5 Å². The van der Waals surface area contributed by atoms with Gasteiger partial charge in [-0.15, -0.1) is 0 Å². The topological polar surface area (TPSA) is 61.4 Å². The normalized spacial score (nSPS) is 10.2. The second kappa shape index (κ2) is 8.19. The highest BCUT2D eigenvalue weighted by molar-refractivity contribution is 5.86. The molecule has 0 spiro atoms. The van der Waals surface area contributed by atoms with E-state index in [0.717, 1.165) is 5.69 Å². The maximum Gasteiger partial charge on any atom is 0.242 e. The Morgan fingerprint density at radius 2 is 1.85 bits per heavy atom. The first-order valence-electron chi connectivity index (χ1n) is 6.89. The molecule has 1 rings (SSSR count). The number of likely N-dealkylation sites (N-methyl/N-ethyl adjacent to an activating group) is 1. The molecule has 5 heteroatoms. The fraction of sp³-hybridized carbons (Fsp3) is 0.467. The van der Waals surface area contributed by atoms with Crippen LogP contribution in [0, 0.1) is 0 Å². The monoisotopic (exact) mass is 277 g/mol. The molecule has 0 aliphatic heterocycles. The van der Waals surface area contributed by atoms with Crippen LogP contribution >= 0.6 is 0 Å². The molecule has 0 heterocycles. The summed E-state index contributed by atoms with van der Waals surface area (Å²) >= 11 is 0. The summed E-state index contributed by atoms with van der Waals surface area (Å²) < 4.78 is 0. The molecule has 0 radical (unpaired) electrons. The number of anilines is 1. The molecule has 20 heavy (non-hydrogen) atoms. The lowest BCUT2D eigenvalue weighted by atomic mass is 10.3. The van der Waals surface area contributed by atoms with Crippen LogP contribution in [-0.2, 0) is 9.59 Å². The van der Waals surface area contributed by atoms with Gasteiger partial charge in [0.15, 0.2) is 0 Å². The molecule has 0 unspecified atom stereocenters. The van der Waals surface area contributed by atoms with E-state index < -0.39 is 0 Å². The fourth-order valence-corrected chi connectivity index (χ4v) is 1.76. The molecule has 0 aliphatic carbocycles. The van der Waals surface area contributed by atoms with Gasteiger partial charge in [0.1, 0.15) is 0 Å². The van der Waals surface area contributed by atoms with E-state index in [9.17, 15) is 9.59 Å². The lowest BCUT2D eigenvalue weighted by Crippen LogP contribution is -2.44. The molecule has 0 aromatic heterocycles. The van der Waals surface area contributed by atoms with Crippen LogP contribution in [0.5, 0.6) is 0 Å². The first-order valence-corrected chi connectivity index (χ1v) is 6.89. The zero-order valence-electron chi connectivity index (χ0n) is 12.3. The molecule has 0 aliphatic rings. The number of hydrogen-bond acceptors (Lipinski definition) is 3. The van der Waals surface area contributed by atoms with Crippen LogP contribution in [0.2, 0.25) is 0 Å². The van der Waals surface area contributed by atoms with Gasteiger partial charge in [-0.1, -0.05) is 18.2 Å². The summed E-state index contributed by atoms with van der Waals surface area (Å²) in [5.41, 5.74) is 0.892. The van der Waals surface area contributed by atoms with Crippen molar-refractivity contribution in [1.82, 2.24) is 10.2 Å². The van der Waals surface area contributed by atoms with Crippen LogP contribution in [0.4, 0.5) is 5.69 Å². The summed E-state index contributed by atoms with van der Waals surface area (Å²) in [7, 11) is 0. The Balaban J connectivity index is 2.44. The Bertz CT molecular complexity index is 432. The Morgan fingerprint density at radius 1 is 1.20 bits per heavy atom. The van der Waals surface area contributed by atoms with Gasteiger partial charge in [0.2, 0.25) is 11.8 Å². The largest absolute Gasteiger partial charge is 0.376 e.